The van der Waals surface area contributed by atoms with Gasteiger partial charge in [-0.2, -0.15) is 11.8 Å². The van der Waals surface area contributed by atoms with Crippen LogP contribution in [0.4, 0.5) is 0 Å². The number of aromatic amines is 1. The molecule has 1 aromatic rings. The van der Waals surface area contributed by atoms with Gasteiger partial charge in [-0.05, 0) is 31.9 Å². The van der Waals surface area contributed by atoms with Crippen LogP contribution < -0.4 is 11.2 Å². The lowest BCUT2D eigenvalue weighted by Gasteiger charge is -2.29. The highest BCUT2D eigenvalue weighted by molar-refractivity contribution is 7.99. The van der Waals surface area contributed by atoms with Crippen molar-refractivity contribution < 1.29 is 0 Å². The van der Waals surface area contributed by atoms with Crippen LogP contribution in [0.3, 0.4) is 0 Å². The van der Waals surface area contributed by atoms with Gasteiger partial charge in [0, 0.05) is 11.3 Å². The minimum Gasteiger partial charge on any atom is -0.297 e. The second kappa shape index (κ2) is 6.85. The Labute approximate surface area is 127 Å². The van der Waals surface area contributed by atoms with Crippen molar-refractivity contribution in [1.82, 2.24) is 9.55 Å². The molecule has 1 fully saturated rings. The fraction of sp³-hybridized carbons (Fsp3) is 0.714. The molecule has 2 atom stereocenters. The average molecular weight is 317 g/mol. The molecular formula is C14H21ClN2O2S. The molecule has 1 heterocycles. The first kappa shape index (κ1) is 15.7. The second-order valence-corrected chi connectivity index (χ2v) is 6.84. The Balaban J connectivity index is 2.43. The molecule has 2 rings (SSSR count). The third-order valence-electron chi connectivity index (χ3n) is 3.97. The molecular weight excluding hydrogens is 296 g/mol. The zero-order valence-corrected chi connectivity index (χ0v) is 13.5. The van der Waals surface area contributed by atoms with Crippen molar-refractivity contribution >= 4 is 23.4 Å². The number of H-pyrrole nitrogens is 1. The predicted molar refractivity (Wildman–Crippen MR) is 85.1 cm³/mol. The van der Waals surface area contributed by atoms with Crippen LogP contribution >= 0.6 is 23.4 Å². The van der Waals surface area contributed by atoms with Crippen LogP contribution in [0.1, 0.15) is 50.6 Å². The molecule has 112 valence electrons. The van der Waals surface area contributed by atoms with Crippen molar-refractivity contribution in [2.24, 2.45) is 0 Å². The van der Waals surface area contributed by atoms with E-state index in [1.807, 2.05) is 18.7 Å². The van der Waals surface area contributed by atoms with E-state index in [-0.39, 0.29) is 22.4 Å². The number of halogens is 1. The smallest absolute Gasteiger partial charge is 0.297 e. The molecule has 2 unspecified atom stereocenters. The molecule has 20 heavy (non-hydrogen) atoms. The summed E-state index contributed by atoms with van der Waals surface area (Å²) in [5.74, 6) is 0. The molecule has 0 aromatic carbocycles. The quantitative estimate of drug-likeness (QED) is 0.869. The van der Waals surface area contributed by atoms with E-state index in [2.05, 4.69) is 11.2 Å². The summed E-state index contributed by atoms with van der Waals surface area (Å²) in [7, 11) is 0. The molecule has 6 heteroatoms. The lowest BCUT2D eigenvalue weighted by molar-refractivity contribution is 0.342. The van der Waals surface area contributed by atoms with E-state index >= 15 is 0 Å². The first-order chi connectivity index (χ1) is 9.58. The van der Waals surface area contributed by atoms with Gasteiger partial charge in [-0.1, -0.05) is 31.4 Å². The summed E-state index contributed by atoms with van der Waals surface area (Å²) in [5, 5.41) is 0.737. The zero-order chi connectivity index (χ0) is 14.7. The van der Waals surface area contributed by atoms with Gasteiger partial charge in [0.2, 0.25) is 0 Å². The Bertz CT molecular complexity index is 582. The Morgan fingerprint density at radius 1 is 1.40 bits per heavy atom. The third kappa shape index (κ3) is 3.14. The molecule has 4 nitrogen and oxygen atoms in total. The lowest BCUT2D eigenvalue weighted by atomic mass is 9.94. The highest BCUT2D eigenvalue weighted by Gasteiger charge is 2.26. The largest absolute Gasteiger partial charge is 0.329 e. The van der Waals surface area contributed by atoms with Crippen LogP contribution in [0.5, 0.6) is 0 Å². The van der Waals surface area contributed by atoms with Gasteiger partial charge in [0.25, 0.3) is 5.56 Å². The van der Waals surface area contributed by atoms with Crippen LogP contribution in [-0.2, 0) is 6.42 Å². The fourth-order valence-corrected chi connectivity index (χ4v) is 4.00. The van der Waals surface area contributed by atoms with Crippen molar-refractivity contribution in [1.29, 1.82) is 0 Å². The summed E-state index contributed by atoms with van der Waals surface area (Å²) < 4.78 is 1.40. The third-order valence-corrected chi connectivity index (χ3v) is 5.39. The summed E-state index contributed by atoms with van der Waals surface area (Å²) in [5.41, 5.74) is -0.0287. The van der Waals surface area contributed by atoms with Gasteiger partial charge in [0.05, 0.1) is 5.56 Å². The van der Waals surface area contributed by atoms with Crippen LogP contribution in [0.15, 0.2) is 9.59 Å². The molecule has 0 amide bonds. The Morgan fingerprint density at radius 2 is 2.15 bits per heavy atom. The van der Waals surface area contributed by atoms with E-state index in [1.54, 1.807) is 0 Å². The summed E-state index contributed by atoms with van der Waals surface area (Å²) in [6.45, 7) is 2.00. The summed E-state index contributed by atoms with van der Waals surface area (Å²) in [6, 6.07) is 0.00493. The van der Waals surface area contributed by atoms with E-state index in [0.29, 0.717) is 17.2 Å². The molecule has 1 aliphatic rings. The normalized spacial score (nSPS) is 22.9. The first-order valence-electron chi connectivity index (χ1n) is 7.14. The number of rotatable bonds is 4. The minimum absolute atomic E-state index is 0.00493. The Morgan fingerprint density at radius 3 is 2.80 bits per heavy atom. The van der Waals surface area contributed by atoms with E-state index in [1.165, 1.54) is 11.0 Å². The number of aromatic nitrogens is 2. The zero-order valence-electron chi connectivity index (χ0n) is 11.9. The second-order valence-electron chi connectivity index (χ2n) is 5.33. The van der Waals surface area contributed by atoms with Crippen LogP contribution in [0.25, 0.3) is 0 Å². The Kier molecular flexibility index (Phi) is 5.38. The van der Waals surface area contributed by atoms with Crippen LogP contribution in [-0.4, -0.2) is 21.1 Å². The molecule has 1 saturated carbocycles. The van der Waals surface area contributed by atoms with E-state index in [9.17, 15) is 9.59 Å². The topological polar surface area (TPSA) is 54.9 Å². The molecule has 1 aromatic heterocycles. The average Bonchev–Trinajstić information content (AvgIpc) is 2.43. The standard InChI is InChI=1S/C14H21ClN2O2S/c1-3-5-11-12(15)16-14(19)17(13(11)18)9-6-4-7-10(8-9)20-2/h9-10H,3-8H2,1-2H3,(H,16,19). The van der Waals surface area contributed by atoms with Gasteiger partial charge in [0.15, 0.2) is 0 Å². The molecule has 1 N–H and O–H groups in total. The molecule has 0 spiro atoms. The van der Waals surface area contributed by atoms with Crippen molar-refractivity contribution in [3.05, 3.63) is 31.6 Å². The van der Waals surface area contributed by atoms with Gasteiger partial charge < -0.3 is 0 Å². The number of hydrogen-bond acceptors (Lipinski definition) is 3. The Hall–Kier alpha value is -0.680. The number of thioether (sulfide) groups is 1. The highest BCUT2D eigenvalue weighted by atomic mass is 35.5. The maximum atomic E-state index is 12.5. The van der Waals surface area contributed by atoms with Gasteiger partial charge in [-0.25, -0.2) is 4.79 Å². The molecule has 0 aliphatic heterocycles. The van der Waals surface area contributed by atoms with Crippen molar-refractivity contribution in [2.75, 3.05) is 6.26 Å². The summed E-state index contributed by atoms with van der Waals surface area (Å²) in [6.07, 6.45) is 7.54. The number of nitrogens with one attached hydrogen (secondary N) is 1. The molecule has 1 aliphatic carbocycles. The van der Waals surface area contributed by atoms with E-state index in [4.69, 9.17) is 11.6 Å². The fourth-order valence-electron chi connectivity index (χ4n) is 2.93. The maximum Gasteiger partial charge on any atom is 0.329 e. The summed E-state index contributed by atoms with van der Waals surface area (Å²) in [4.78, 5) is 27.3. The first-order valence-corrected chi connectivity index (χ1v) is 8.81. The van der Waals surface area contributed by atoms with Gasteiger partial charge >= 0.3 is 5.69 Å². The minimum atomic E-state index is -0.369. The molecule has 0 saturated heterocycles. The van der Waals surface area contributed by atoms with E-state index in [0.717, 1.165) is 25.7 Å². The highest BCUT2D eigenvalue weighted by Crippen LogP contribution is 2.32. The van der Waals surface area contributed by atoms with Crippen LogP contribution in [0, 0.1) is 0 Å². The predicted octanol–water partition coefficient (Wildman–Crippen LogP) is 2.99. The lowest BCUT2D eigenvalue weighted by Crippen LogP contribution is -2.41. The van der Waals surface area contributed by atoms with Crippen molar-refractivity contribution in [2.45, 2.75) is 56.7 Å². The maximum absolute atomic E-state index is 12.5. The van der Waals surface area contributed by atoms with Gasteiger partial charge in [0.1, 0.15) is 5.15 Å². The SMILES string of the molecule is CCCc1c(Cl)[nH]c(=O)n(C2CCCC(SC)C2)c1=O. The number of nitrogens with zero attached hydrogens (tertiary/aromatic N) is 1. The van der Waals surface area contributed by atoms with Crippen molar-refractivity contribution in [3.63, 3.8) is 0 Å². The molecule has 0 radical (unpaired) electrons. The number of hydrogen-bond donors (Lipinski definition) is 1. The van der Waals surface area contributed by atoms with E-state index < -0.39 is 0 Å². The van der Waals surface area contributed by atoms with Gasteiger partial charge in [-0.15, -0.1) is 0 Å². The molecule has 0 bridgehead atoms. The monoisotopic (exact) mass is 316 g/mol. The summed E-state index contributed by atoms with van der Waals surface area (Å²) >= 11 is 7.83. The van der Waals surface area contributed by atoms with Crippen molar-refractivity contribution in [3.8, 4) is 0 Å². The van der Waals surface area contributed by atoms with Crippen LogP contribution in [0.2, 0.25) is 5.15 Å². The van der Waals surface area contributed by atoms with Gasteiger partial charge in [-0.3, -0.25) is 14.3 Å².